The first-order valence-corrected chi connectivity index (χ1v) is 35.1. The third-order valence-electron chi connectivity index (χ3n) is 15.8. The van der Waals surface area contributed by atoms with E-state index in [9.17, 15) is 14.4 Å². The normalized spacial score (nSPS) is 12.3. The van der Waals surface area contributed by atoms with Crippen LogP contribution in [0.5, 0.6) is 0 Å². The summed E-state index contributed by atoms with van der Waals surface area (Å²) in [6.45, 7) is 6.66. The quantitative estimate of drug-likeness (QED) is 0.0261. The van der Waals surface area contributed by atoms with E-state index >= 15 is 0 Å². The van der Waals surface area contributed by atoms with Crippen molar-refractivity contribution < 1.29 is 28.6 Å². The molecule has 0 saturated heterocycles. The molecule has 0 heterocycles. The molecule has 0 saturated carbocycles. The smallest absolute Gasteiger partial charge is 0.306 e. The number of esters is 3. The van der Waals surface area contributed by atoms with Gasteiger partial charge in [-0.15, -0.1) is 0 Å². The van der Waals surface area contributed by atoms with Gasteiger partial charge in [-0.05, 0) is 103 Å². The second-order valence-electron chi connectivity index (χ2n) is 23.8. The van der Waals surface area contributed by atoms with Crippen LogP contribution in [0.25, 0.3) is 0 Å². The molecule has 0 aromatic heterocycles. The second kappa shape index (κ2) is 67.9. The first-order chi connectivity index (χ1) is 39.0. The Labute approximate surface area is 492 Å². The largest absolute Gasteiger partial charge is 0.462 e. The third-order valence-corrected chi connectivity index (χ3v) is 15.8. The molecule has 0 bridgehead atoms. The minimum absolute atomic E-state index is 0.0780. The Morgan fingerprint density at radius 2 is 0.456 bits per heavy atom. The second-order valence-corrected chi connectivity index (χ2v) is 23.8. The van der Waals surface area contributed by atoms with Gasteiger partial charge in [0, 0.05) is 19.3 Å². The zero-order valence-electron chi connectivity index (χ0n) is 53.2. The highest BCUT2D eigenvalue weighted by atomic mass is 16.6. The lowest BCUT2D eigenvalue weighted by Crippen LogP contribution is -2.30. The van der Waals surface area contributed by atoms with Crippen LogP contribution in [0, 0.1) is 0 Å². The number of ether oxygens (including phenoxy) is 3. The van der Waals surface area contributed by atoms with Crippen LogP contribution in [0.2, 0.25) is 0 Å². The van der Waals surface area contributed by atoms with Gasteiger partial charge in [0.2, 0.25) is 0 Å². The van der Waals surface area contributed by atoms with Gasteiger partial charge in [0.25, 0.3) is 0 Å². The van der Waals surface area contributed by atoms with Gasteiger partial charge in [0.15, 0.2) is 6.10 Å². The molecule has 0 aromatic rings. The Kier molecular flexibility index (Phi) is 65.6. The molecular weight excluding hydrogens is 973 g/mol. The molecule has 462 valence electrons. The van der Waals surface area contributed by atoms with Crippen molar-refractivity contribution in [2.24, 2.45) is 0 Å². The van der Waals surface area contributed by atoms with Crippen molar-refractivity contribution in [3.8, 4) is 0 Å². The maximum atomic E-state index is 12.9. The number of carbonyl (C=O) groups excluding carboxylic acids is 3. The summed E-state index contributed by atoms with van der Waals surface area (Å²) in [5.74, 6) is -0.877. The summed E-state index contributed by atoms with van der Waals surface area (Å²) in [7, 11) is 0. The average Bonchev–Trinajstić information content (AvgIpc) is 3.45. The van der Waals surface area contributed by atoms with E-state index in [1.54, 1.807) is 0 Å². The van der Waals surface area contributed by atoms with Gasteiger partial charge in [-0.1, -0.05) is 307 Å². The van der Waals surface area contributed by atoms with Crippen molar-refractivity contribution >= 4 is 17.9 Å². The molecule has 0 aliphatic heterocycles. The van der Waals surface area contributed by atoms with Crippen molar-refractivity contribution in [3.63, 3.8) is 0 Å². The molecule has 6 nitrogen and oxygen atoms in total. The highest BCUT2D eigenvalue weighted by Gasteiger charge is 2.19. The van der Waals surface area contributed by atoms with E-state index in [0.717, 1.165) is 89.9 Å². The Morgan fingerprint density at radius 3 is 0.722 bits per heavy atom. The molecule has 6 heteroatoms. The van der Waals surface area contributed by atoms with Crippen LogP contribution < -0.4 is 0 Å². The molecule has 0 amide bonds. The summed E-state index contributed by atoms with van der Waals surface area (Å²) in [4.78, 5) is 38.4. The van der Waals surface area contributed by atoms with E-state index in [4.69, 9.17) is 14.2 Å². The number of unbranched alkanes of at least 4 members (excludes halogenated alkanes) is 46. The van der Waals surface area contributed by atoms with E-state index in [1.807, 2.05) is 0 Å². The van der Waals surface area contributed by atoms with Gasteiger partial charge in [-0.3, -0.25) is 14.4 Å². The lowest BCUT2D eigenvalue weighted by molar-refractivity contribution is -0.167. The Morgan fingerprint density at radius 1 is 0.253 bits per heavy atom. The van der Waals surface area contributed by atoms with Crippen LogP contribution in [-0.4, -0.2) is 37.2 Å². The molecule has 0 fully saturated rings. The van der Waals surface area contributed by atoms with Crippen molar-refractivity contribution in [1.29, 1.82) is 0 Å². The molecule has 0 N–H and O–H groups in total. The van der Waals surface area contributed by atoms with Gasteiger partial charge in [0.05, 0.1) is 0 Å². The number of rotatable bonds is 65. The Hall–Kier alpha value is -2.63. The highest BCUT2D eigenvalue weighted by Crippen LogP contribution is 2.18. The summed E-state index contributed by atoms with van der Waals surface area (Å²) in [5.41, 5.74) is 0. The van der Waals surface area contributed by atoms with Crippen molar-refractivity contribution in [2.45, 2.75) is 386 Å². The fourth-order valence-corrected chi connectivity index (χ4v) is 10.5. The molecule has 0 rings (SSSR count). The van der Waals surface area contributed by atoms with Crippen molar-refractivity contribution in [2.75, 3.05) is 13.2 Å². The first kappa shape index (κ1) is 76.4. The van der Waals surface area contributed by atoms with Crippen LogP contribution >= 0.6 is 0 Å². The van der Waals surface area contributed by atoms with Crippen molar-refractivity contribution in [3.05, 3.63) is 48.6 Å². The fourth-order valence-electron chi connectivity index (χ4n) is 10.5. The van der Waals surface area contributed by atoms with E-state index in [2.05, 4.69) is 69.4 Å². The predicted octanol–water partition coefficient (Wildman–Crippen LogP) is 24.1. The minimum Gasteiger partial charge on any atom is -0.462 e. The van der Waals surface area contributed by atoms with Crippen LogP contribution in [0.3, 0.4) is 0 Å². The van der Waals surface area contributed by atoms with Gasteiger partial charge in [-0.2, -0.15) is 0 Å². The summed E-state index contributed by atoms with van der Waals surface area (Å²) in [6.07, 6.45) is 85.7. The Bertz CT molecular complexity index is 1360. The number of carbonyl (C=O) groups is 3. The zero-order chi connectivity index (χ0) is 57.1. The topological polar surface area (TPSA) is 78.9 Å². The average molecular weight is 1110 g/mol. The van der Waals surface area contributed by atoms with E-state index in [-0.39, 0.29) is 31.1 Å². The minimum atomic E-state index is -0.784. The maximum Gasteiger partial charge on any atom is 0.306 e. The van der Waals surface area contributed by atoms with E-state index in [0.29, 0.717) is 19.3 Å². The molecule has 1 unspecified atom stereocenters. The SMILES string of the molecule is CCCCCC/C=C\C/C=C\CCCCCCCC(=O)OC(COC(=O)CCCCCCC/C=C\CCCCCCCCC)COC(=O)CCCCCCCCCCCCCCCCCCC/C=C\CCCCCCCCCC. The van der Waals surface area contributed by atoms with Crippen LogP contribution in [0.15, 0.2) is 48.6 Å². The van der Waals surface area contributed by atoms with Crippen LogP contribution in [0.4, 0.5) is 0 Å². The molecular formula is C73H134O6. The molecule has 1 atom stereocenters. The molecule has 0 radical (unpaired) electrons. The molecule has 0 aliphatic rings. The lowest BCUT2D eigenvalue weighted by atomic mass is 10.0. The molecule has 0 spiro atoms. The predicted molar refractivity (Wildman–Crippen MR) is 344 cm³/mol. The van der Waals surface area contributed by atoms with Gasteiger partial charge >= 0.3 is 17.9 Å². The standard InChI is InChI=1S/C73H134O6/c1-4-7-10-13-16-19-22-25-28-31-32-33-34-35-36-37-38-39-40-41-42-43-46-48-51-54-57-60-63-66-72(75)78-69-70(79-73(76)67-64-61-58-55-52-49-45-30-27-24-21-18-15-12-9-6-3)68-77-71(74)65-62-59-56-53-50-47-44-29-26-23-20-17-14-11-8-5-2/h21,24,29-32,44-45,70H,4-20,22-23,25-28,33-43,46-69H2,1-3H3/b24-21-,32-31-,44-29-,45-30-. The zero-order valence-corrected chi connectivity index (χ0v) is 53.2. The molecule has 0 aliphatic carbocycles. The number of hydrogen-bond acceptors (Lipinski definition) is 6. The summed E-state index contributed by atoms with van der Waals surface area (Å²) in [6, 6.07) is 0. The van der Waals surface area contributed by atoms with Gasteiger partial charge in [-0.25, -0.2) is 0 Å². The van der Waals surface area contributed by atoms with Crippen LogP contribution in [-0.2, 0) is 28.6 Å². The Balaban J connectivity index is 4.22. The highest BCUT2D eigenvalue weighted by molar-refractivity contribution is 5.71. The van der Waals surface area contributed by atoms with E-state index in [1.165, 1.54) is 250 Å². The van der Waals surface area contributed by atoms with Crippen molar-refractivity contribution in [1.82, 2.24) is 0 Å². The van der Waals surface area contributed by atoms with E-state index < -0.39 is 6.10 Å². The lowest BCUT2D eigenvalue weighted by Gasteiger charge is -2.18. The van der Waals surface area contributed by atoms with Gasteiger partial charge in [0.1, 0.15) is 13.2 Å². The monoisotopic (exact) mass is 1110 g/mol. The summed E-state index contributed by atoms with van der Waals surface area (Å²) in [5, 5.41) is 0. The summed E-state index contributed by atoms with van der Waals surface area (Å²) >= 11 is 0. The fraction of sp³-hybridized carbons (Fsp3) is 0.849. The third kappa shape index (κ3) is 66.1. The summed E-state index contributed by atoms with van der Waals surface area (Å²) < 4.78 is 17.0. The van der Waals surface area contributed by atoms with Gasteiger partial charge < -0.3 is 14.2 Å². The maximum absolute atomic E-state index is 12.9. The van der Waals surface area contributed by atoms with Crippen LogP contribution in [0.1, 0.15) is 380 Å². The molecule has 0 aromatic carbocycles. The number of allylic oxidation sites excluding steroid dienone is 8. The molecule has 79 heavy (non-hydrogen) atoms. The number of hydrogen-bond donors (Lipinski definition) is 0. The first-order valence-electron chi connectivity index (χ1n) is 35.1.